The number of hydrogen-bond acceptors (Lipinski definition) is 2. The number of rotatable bonds is 6. The summed E-state index contributed by atoms with van der Waals surface area (Å²) in [6, 6.07) is 5.69. The third-order valence-electron chi connectivity index (χ3n) is 2.18. The van der Waals surface area contributed by atoms with E-state index in [-0.39, 0.29) is 11.5 Å². The largest absolute Gasteiger partial charge is 0.435 e. The fourth-order valence-corrected chi connectivity index (χ4v) is 1.29. The van der Waals surface area contributed by atoms with Crippen molar-refractivity contribution in [3.8, 4) is 5.75 Å². The minimum Gasteiger partial charge on any atom is -0.435 e. The van der Waals surface area contributed by atoms with Gasteiger partial charge in [0.15, 0.2) is 5.78 Å². The lowest BCUT2D eigenvalue weighted by atomic mass is 10.0. The maximum Gasteiger partial charge on any atom is 0.387 e. The topological polar surface area (TPSA) is 26.3 Å². The Kier molecular flexibility index (Phi) is 4.82. The quantitative estimate of drug-likeness (QED) is 0.558. The van der Waals surface area contributed by atoms with Crippen molar-refractivity contribution >= 4 is 5.78 Å². The number of carbonyl (C=O) groups is 1. The van der Waals surface area contributed by atoms with Gasteiger partial charge in [-0.15, -0.1) is 6.58 Å². The van der Waals surface area contributed by atoms with E-state index in [0.29, 0.717) is 18.4 Å². The zero-order valence-corrected chi connectivity index (χ0v) is 9.58. The summed E-state index contributed by atoms with van der Waals surface area (Å²) >= 11 is 0. The second-order valence-electron chi connectivity index (χ2n) is 3.78. The van der Waals surface area contributed by atoms with Gasteiger partial charge in [0.05, 0.1) is 0 Å². The molecule has 0 aliphatic carbocycles. The van der Waals surface area contributed by atoms with E-state index in [1.807, 2.05) is 6.92 Å². The van der Waals surface area contributed by atoms with Crippen molar-refractivity contribution in [2.45, 2.75) is 26.4 Å². The molecule has 2 nitrogen and oxygen atoms in total. The van der Waals surface area contributed by atoms with Crippen molar-refractivity contribution in [3.05, 3.63) is 42.0 Å². The predicted octanol–water partition coefficient (Wildman–Crippen LogP) is 3.83. The third kappa shape index (κ3) is 4.76. The van der Waals surface area contributed by atoms with Gasteiger partial charge in [-0.1, -0.05) is 5.57 Å². The van der Waals surface area contributed by atoms with Gasteiger partial charge in [0.25, 0.3) is 0 Å². The fourth-order valence-electron chi connectivity index (χ4n) is 1.29. The Balaban J connectivity index is 2.60. The summed E-state index contributed by atoms with van der Waals surface area (Å²) in [6.45, 7) is 2.72. The van der Waals surface area contributed by atoms with Crippen molar-refractivity contribution in [3.63, 3.8) is 0 Å². The Hall–Kier alpha value is -1.71. The highest BCUT2D eigenvalue weighted by atomic mass is 19.3. The molecule has 0 saturated heterocycles. The zero-order chi connectivity index (χ0) is 12.8. The molecule has 0 amide bonds. The molecular formula is C13H14F2O2. The first-order valence-corrected chi connectivity index (χ1v) is 5.21. The molecule has 0 fully saturated rings. The third-order valence-corrected chi connectivity index (χ3v) is 2.18. The molecule has 0 spiro atoms. The van der Waals surface area contributed by atoms with Gasteiger partial charge in [0, 0.05) is 12.0 Å². The molecule has 1 aromatic carbocycles. The second kappa shape index (κ2) is 6.13. The molecule has 0 radical (unpaired) electrons. The summed E-state index contributed by atoms with van der Waals surface area (Å²) in [6.07, 6.45) is 1.01. The highest BCUT2D eigenvalue weighted by Crippen LogP contribution is 2.16. The van der Waals surface area contributed by atoms with E-state index in [4.69, 9.17) is 0 Å². The molecule has 0 bridgehead atoms. The van der Waals surface area contributed by atoms with Crippen molar-refractivity contribution < 1.29 is 18.3 Å². The summed E-state index contributed by atoms with van der Waals surface area (Å²) in [5.74, 6) is 0.0213. The number of hydrogen-bond donors (Lipinski definition) is 0. The molecule has 0 atom stereocenters. The number of carbonyl (C=O) groups excluding carboxylic acids is 1. The smallest absolute Gasteiger partial charge is 0.387 e. The van der Waals surface area contributed by atoms with E-state index >= 15 is 0 Å². The van der Waals surface area contributed by atoms with E-state index < -0.39 is 6.61 Å². The van der Waals surface area contributed by atoms with Crippen LogP contribution in [0.15, 0.2) is 36.4 Å². The minimum atomic E-state index is -2.85. The van der Waals surface area contributed by atoms with E-state index in [1.165, 1.54) is 24.3 Å². The molecule has 0 saturated carbocycles. The summed E-state index contributed by atoms with van der Waals surface area (Å²) in [5, 5.41) is 0. The lowest BCUT2D eigenvalue weighted by molar-refractivity contribution is -0.0498. The van der Waals surface area contributed by atoms with Crippen LogP contribution in [0.4, 0.5) is 8.78 Å². The molecular weight excluding hydrogens is 226 g/mol. The van der Waals surface area contributed by atoms with Gasteiger partial charge in [0.1, 0.15) is 5.75 Å². The number of Topliss-reactive ketones (excluding diaryl/α,β-unsaturated/α-hetero) is 1. The number of alkyl halides is 2. The number of ether oxygens (including phenoxy) is 1. The van der Waals surface area contributed by atoms with Crippen molar-refractivity contribution in [2.75, 3.05) is 0 Å². The average Bonchev–Trinajstić information content (AvgIpc) is 2.26. The Bertz CT molecular complexity index is 396. The number of halogens is 2. The van der Waals surface area contributed by atoms with Gasteiger partial charge in [-0.25, -0.2) is 0 Å². The number of ketones is 1. The number of allylic oxidation sites excluding steroid dienone is 1. The molecule has 0 aromatic heterocycles. The van der Waals surface area contributed by atoms with Crippen molar-refractivity contribution in [1.82, 2.24) is 0 Å². The van der Waals surface area contributed by atoms with Gasteiger partial charge in [-0.3, -0.25) is 4.79 Å². The molecule has 0 aliphatic rings. The highest BCUT2D eigenvalue weighted by molar-refractivity contribution is 5.96. The summed E-state index contributed by atoms with van der Waals surface area (Å²) in [5.41, 5.74) is 1.43. The Labute approximate surface area is 98.9 Å². The molecule has 17 heavy (non-hydrogen) atoms. The van der Waals surface area contributed by atoms with Crippen LogP contribution in [0, 0.1) is 0 Å². The molecule has 0 aliphatic heterocycles. The first-order chi connectivity index (χ1) is 7.99. The molecule has 4 heteroatoms. The highest BCUT2D eigenvalue weighted by Gasteiger charge is 2.07. The Morgan fingerprint density at radius 3 is 2.35 bits per heavy atom. The molecule has 1 aromatic rings. The summed E-state index contributed by atoms with van der Waals surface area (Å²) in [4.78, 5) is 11.7. The van der Waals surface area contributed by atoms with Crippen LogP contribution in [-0.2, 0) is 0 Å². The van der Waals surface area contributed by atoms with E-state index in [2.05, 4.69) is 11.3 Å². The van der Waals surface area contributed by atoms with Crippen LogP contribution in [-0.4, -0.2) is 12.4 Å². The summed E-state index contributed by atoms with van der Waals surface area (Å²) < 4.78 is 28.0. The zero-order valence-electron chi connectivity index (χ0n) is 9.58. The van der Waals surface area contributed by atoms with E-state index in [1.54, 1.807) is 0 Å². The minimum absolute atomic E-state index is 0.0309. The van der Waals surface area contributed by atoms with Gasteiger partial charge in [-0.05, 0) is 37.6 Å². The van der Waals surface area contributed by atoms with Crippen molar-refractivity contribution in [1.29, 1.82) is 0 Å². The van der Waals surface area contributed by atoms with Crippen LogP contribution in [0.3, 0.4) is 0 Å². The second-order valence-corrected chi connectivity index (χ2v) is 3.78. The van der Waals surface area contributed by atoms with Crippen molar-refractivity contribution in [2.24, 2.45) is 0 Å². The van der Waals surface area contributed by atoms with Crippen LogP contribution in [0.5, 0.6) is 5.75 Å². The van der Waals surface area contributed by atoms with Crippen LogP contribution >= 0.6 is 0 Å². The van der Waals surface area contributed by atoms with Crippen LogP contribution in [0.2, 0.25) is 0 Å². The lowest BCUT2D eigenvalue weighted by Crippen LogP contribution is -2.03. The molecule has 0 heterocycles. The Morgan fingerprint density at radius 1 is 1.29 bits per heavy atom. The first kappa shape index (κ1) is 13.4. The molecule has 1 rings (SSSR count). The predicted molar refractivity (Wildman–Crippen MR) is 61.5 cm³/mol. The maximum absolute atomic E-state index is 11.9. The van der Waals surface area contributed by atoms with Crippen LogP contribution in [0.25, 0.3) is 0 Å². The van der Waals surface area contributed by atoms with Gasteiger partial charge < -0.3 is 4.74 Å². The molecule has 0 N–H and O–H groups in total. The fraction of sp³-hybridized carbons (Fsp3) is 0.308. The SMILES string of the molecule is C=C(C)CCC(=O)c1ccc(OC(F)F)cc1. The van der Waals surface area contributed by atoms with Gasteiger partial charge in [-0.2, -0.15) is 8.78 Å². The normalized spacial score (nSPS) is 10.4. The van der Waals surface area contributed by atoms with E-state index in [0.717, 1.165) is 5.57 Å². The average molecular weight is 240 g/mol. The molecule has 92 valence electrons. The van der Waals surface area contributed by atoms with Crippen LogP contribution in [0.1, 0.15) is 30.1 Å². The van der Waals surface area contributed by atoms with Gasteiger partial charge in [0.2, 0.25) is 0 Å². The monoisotopic (exact) mass is 240 g/mol. The Morgan fingerprint density at radius 2 is 1.88 bits per heavy atom. The van der Waals surface area contributed by atoms with Gasteiger partial charge >= 0.3 is 6.61 Å². The number of benzene rings is 1. The van der Waals surface area contributed by atoms with Crippen LogP contribution < -0.4 is 4.74 Å². The molecule has 0 unspecified atom stereocenters. The van der Waals surface area contributed by atoms with E-state index in [9.17, 15) is 13.6 Å². The summed E-state index contributed by atoms with van der Waals surface area (Å²) in [7, 11) is 0. The lowest BCUT2D eigenvalue weighted by Gasteiger charge is -2.05. The maximum atomic E-state index is 11.9. The standard InChI is InChI=1S/C13H14F2O2/c1-9(2)3-8-12(16)10-4-6-11(7-5-10)17-13(14)15/h4-7,13H,1,3,8H2,2H3. The first-order valence-electron chi connectivity index (χ1n) is 5.21.